The van der Waals surface area contributed by atoms with Crippen LogP contribution in [0.25, 0.3) is 0 Å². The van der Waals surface area contributed by atoms with Gasteiger partial charge < -0.3 is 10.5 Å². The van der Waals surface area contributed by atoms with E-state index in [-0.39, 0.29) is 29.6 Å². The van der Waals surface area contributed by atoms with Gasteiger partial charge in [0.1, 0.15) is 12.4 Å². The van der Waals surface area contributed by atoms with E-state index < -0.39 is 12.1 Å². The average molecular weight is 309 g/mol. The Morgan fingerprint density at radius 1 is 1.18 bits per heavy atom. The number of carbonyl (C=O) groups excluding carboxylic acids is 1. The molecule has 0 aromatic heterocycles. The second-order valence-corrected chi connectivity index (χ2v) is 4.70. The molecule has 111 valence electrons. The Balaban J connectivity index is 0.00000242. The van der Waals surface area contributed by atoms with Crippen LogP contribution in [0.3, 0.4) is 0 Å². The van der Waals surface area contributed by atoms with E-state index in [0.29, 0.717) is 11.7 Å². The van der Waals surface area contributed by atoms with Gasteiger partial charge in [0.05, 0.1) is 6.04 Å². The first kappa shape index (κ1) is 18.5. The number of ether oxygens (including phenoxy) is 1. The second kappa shape index (κ2) is 8.80. The Hall–Kier alpha value is -1.53. The second-order valence-electron chi connectivity index (χ2n) is 4.70. The van der Waals surface area contributed by atoms with E-state index in [1.165, 1.54) is 0 Å². The maximum Gasteiger partial charge on any atom is 0.339 e. The fourth-order valence-corrected chi connectivity index (χ4v) is 1.92. The number of rotatable bonds is 5. The summed E-state index contributed by atoms with van der Waals surface area (Å²) in [5.74, 6) is 0.721. The van der Waals surface area contributed by atoms with Crippen LogP contribution in [0, 0.1) is 0 Å². The molecule has 6 heteroatoms. The molecule has 2 aromatic rings. The van der Waals surface area contributed by atoms with Gasteiger partial charge in [-0.25, -0.2) is 4.79 Å². The number of urea groups is 1. The van der Waals surface area contributed by atoms with Crippen LogP contribution in [0.1, 0.15) is 24.1 Å². The molecule has 0 heterocycles. The van der Waals surface area contributed by atoms with E-state index in [1.807, 2.05) is 30.3 Å². The molecule has 0 fully saturated rings. The predicted octanol–water partition coefficient (Wildman–Crippen LogP) is 2.72. The largest absolute Gasteiger partial charge is 0.489 e. The molecule has 0 saturated heterocycles. The molecule has 1 radical (unpaired) electrons. The van der Waals surface area contributed by atoms with Crippen LogP contribution in [0.4, 0.5) is 4.79 Å². The standard InChI is InChI=1S/C16H18N2O3.Na/c1-12(18(20)16(17)19)14-7-9-15(10-8-14)21-11-13-5-3-2-4-6-13;/h2-10,12,20H,11H2,1H3,(H2,17,19);. The minimum absolute atomic E-state index is 0. The molecular formula is C16H18N2NaO3. The monoisotopic (exact) mass is 309 g/mol. The van der Waals surface area contributed by atoms with E-state index in [2.05, 4.69) is 0 Å². The zero-order valence-corrected chi connectivity index (χ0v) is 14.8. The first-order chi connectivity index (χ1) is 10.1. The maximum absolute atomic E-state index is 10.9. The first-order valence-corrected chi connectivity index (χ1v) is 6.62. The predicted molar refractivity (Wildman–Crippen MR) is 84.6 cm³/mol. The van der Waals surface area contributed by atoms with Gasteiger partial charge in [-0.1, -0.05) is 42.5 Å². The molecule has 0 aliphatic rings. The Kier molecular flexibility index (Phi) is 7.41. The van der Waals surface area contributed by atoms with E-state index >= 15 is 0 Å². The van der Waals surface area contributed by atoms with E-state index in [1.54, 1.807) is 31.2 Å². The van der Waals surface area contributed by atoms with Crippen molar-refractivity contribution in [3.8, 4) is 5.75 Å². The van der Waals surface area contributed by atoms with Gasteiger partial charge >= 0.3 is 6.03 Å². The maximum atomic E-state index is 10.9. The van der Waals surface area contributed by atoms with Crippen molar-refractivity contribution < 1.29 is 14.7 Å². The summed E-state index contributed by atoms with van der Waals surface area (Å²) in [5.41, 5.74) is 6.88. The van der Waals surface area contributed by atoms with Crippen LogP contribution in [-0.2, 0) is 6.61 Å². The summed E-state index contributed by atoms with van der Waals surface area (Å²) in [6, 6.07) is 15.6. The van der Waals surface area contributed by atoms with Crippen molar-refractivity contribution in [2.75, 3.05) is 0 Å². The third kappa shape index (κ3) is 5.03. The summed E-state index contributed by atoms with van der Waals surface area (Å²) in [6.45, 7) is 2.17. The van der Waals surface area contributed by atoms with Gasteiger partial charge in [0, 0.05) is 29.6 Å². The van der Waals surface area contributed by atoms with Crippen LogP contribution < -0.4 is 10.5 Å². The Morgan fingerprint density at radius 3 is 2.32 bits per heavy atom. The summed E-state index contributed by atoms with van der Waals surface area (Å²) < 4.78 is 5.67. The van der Waals surface area contributed by atoms with Crippen molar-refractivity contribution in [3.05, 3.63) is 65.7 Å². The van der Waals surface area contributed by atoms with Gasteiger partial charge in [-0.2, -0.15) is 5.06 Å². The molecular weight excluding hydrogens is 291 g/mol. The van der Waals surface area contributed by atoms with Crippen LogP contribution >= 0.6 is 0 Å². The van der Waals surface area contributed by atoms with E-state index in [0.717, 1.165) is 16.9 Å². The van der Waals surface area contributed by atoms with Crippen LogP contribution in [0.15, 0.2) is 54.6 Å². The van der Waals surface area contributed by atoms with Gasteiger partial charge in [-0.05, 0) is 30.2 Å². The van der Waals surface area contributed by atoms with Crippen LogP contribution in [0.2, 0.25) is 0 Å². The fraction of sp³-hybridized carbons (Fsp3) is 0.188. The normalized spacial score (nSPS) is 11.2. The SMILES string of the molecule is CC(c1ccc(OCc2ccccc2)cc1)N(O)C(N)=O.[Na]. The first-order valence-electron chi connectivity index (χ1n) is 6.62. The van der Waals surface area contributed by atoms with Crippen molar-refractivity contribution in [1.82, 2.24) is 5.06 Å². The Bertz CT molecular complexity index is 590. The smallest absolute Gasteiger partial charge is 0.339 e. The van der Waals surface area contributed by atoms with Crippen LogP contribution in [0.5, 0.6) is 5.75 Å². The van der Waals surface area contributed by atoms with Crippen molar-refractivity contribution in [2.24, 2.45) is 5.73 Å². The summed E-state index contributed by atoms with van der Waals surface area (Å²) >= 11 is 0. The van der Waals surface area contributed by atoms with Gasteiger partial charge in [-0.3, -0.25) is 5.21 Å². The zero-order valence-electron chi connectivity index (χ0n) is 12.8. The molecule has 2 amide bonds. The molecule has 0 saturated carbocycles. The molecule has 1 atom stereocenters. The topological polar surface area (TPSA) is 75.8 Å². The molecule has 22 heavy (non-hydrogen) atoms. The quantitative estimate of drug-likeness (QED) is 0.506. The van der Waals surface area contributed by atoms with Crippen molar-refractivity contribution in [2.45, 2.75) is 19.6 Å². The van der Waals surface area contributed by atoms with Crippen LogP contribution in [-0.4, -0.2) is 45.9 Å². The number of nitrogens with zero attached hydrogens (tertiary/aromatic N) is 1. The molecule has 2 rings (SSSR count). The van der Waals surface area contributed by atoms with Crippen molar-refractivity contribution in [1.29, 1.82) is 0 Å². The van der Waals surface area contributed by atoms with Gasteiger partial charge in [0.25, 0.3) is 0 Å². The van der Waals surface area contributed by atoms with E-state index in [9.17, 15) is 10.0 Å². The molecule has 5 nitrogen and oxygen atoms in total. The average Bonchev–Trinajstić information content (AvgIpc) is 2.53. The van der Waals surface area contributed by atoms with Gasteiger partial charge in [0.2, 0.25) is 0 Å². The third-order valence-corrected chi connectivity index (χ3v) is 3.20. The number of primary amides is 1. The summed E-state index contributed by atoms with van der Waals surface area (Å²) in [6.07, 6.45) is 0. The molecule has 0 bridgehead atoms. The molecule has 0 spiro atoms. The zero-order chi connectivity index (χ0) is 15.2. The van der Waals surface area contributed by atoms with Gasteiger partial charge in [-0.15, -0.1) is 0 Å². The number of nitrogens with two attached hydrogens (primary N) is 1. The minimum Gasteiger partial charge on any atom is -0.489 e. The molecule has 0 aliphatic heterocycles. The van der Waals surface area contributed by atoms with Crippen molar-refractivity contribution in [3.63, 3.8) is 0 Å². The molecule has 1 unspecified atom stereocenters. The number of benzene rings is 2. The number of hydrogen-bond acceptors (Lipinski definition) is 3. The van der Waals surface area contributed by atoms with E-state index in [4.69, 9.17) is 10.5 Å². The number of hydroxylamine groups is 2. The molecule has 0 aliphatic carbocycles. The number of hydrogen-bond donors (Lipinski definition) is 2. The fourth-order valence-electron chi connectivity index (χ4n) is 1.92. The molecule has 2 aromatic carbocycles. The minimum atomic E-state index is -0.882. The Labute approximate surface area is 151 Å². The summed E-state index contributed by atoms with van der Waals surface area (Å²) in [5, 5.41) is 10.00. The molecule has 3 N–H and O–H groups in total. The third-order valence-electron chi connectivity index (χ3n) is 3.20. The summed E-state index contributed by atoms with van der Waals surface area (Å²) in [7, 11) is 0. The summed E-state index contributed by atoms with van der Waals surface area (Å²) in [4.78, 5) is 10.9. The Morgan fingerprint density at radius 2 is 1.77 bits per heavy atom. The number of carbonyl (C=O) groups is 1. The van der Waals surface area contributed by atoms with Crippen molar-refractivity contribution >= 4 is 35.6 Å². The van der Waals surface area contributed by atoms with Gasteiger partial charge in [0.15, 0.2) is 0 Å². The number of amides is 2.